The minimum atomic E-state index is -0.259. The van der Waals surface area contributed by atoms with Gasteiger partial charge in [0.05, 0.1) is 0 Å². The van der Waals surface area contributed by atoms with Crippen molar-refractivity contribution in [2.24, 2.45) is 5.73 Å². The molecule has 6 heteroatoms. The van der Waals surface area contributed by atoms with E-state index in [9.17, 15) is 9.59 Å². The molecule has 0 aromatic carbocycles. The van der Waals surface area contributed by atoms with Gasteiger partial charge in [0.15, 0.2) is 0 Å². The standard InChI is InChI=1S/C9H12N4O2/c1-5-11-7(3-8(14)12-5)13-4-6(10)2-9(13)15/h3,6H,2,4,10H2,1H3,(H,11,12,14). The Morgan fingerprint density at radius 2 is 2.33 bits per heavy atom. The van der Waals surface area contributed by atoms with E-state index in [1.807, 2.05) is 0 Å². The highest BCUT2D eigenvalue weighted by atomic mass is 16.2. The van der Waals surface area contributed by atoms with Crippen LogP contribution in [0.1, 0.15) is 12.2 Å². The Kier molecular flexibility index (Phi) is 2.28. The molecule has 0 aliphatic carbocycles. The quantitative estimate of drug-likeness (QED) is 0.628. The maximum atomic E-state index is 11.5. The van der Waals surface area contributed by atoms with E-state index in [1.54, 1.807) is 6.92 Å². The van der Waals surface area contributed by atoms with Crippen LogP contribution in [-0.4, -0.2) is 28.5 Å². The van der Waals surface area contributed by atoms with Crippen molar-refractivity contribution in [1.29, 1.82) is 0 Å². The number of aromatic nitrogens is 2. The summed E-state index contributed by atoms with van der Waals surface area (Å²) in [5.41, 5.74) is 5.39. The number of nitrogens with one attached hydrogen (secondary N) is 1. The van der Waals surface area contributed by atoms with Gasteiger partial charge in [-0.3, -0.25) is 14.5 Å². The molecule has 0 radical (unpaired) electrons. The van der Waals surface area contributed by atoms with Crippen LogP contribution in [0.15, 0.2) is 10.9 Å². The zero-order chi connectivity index (χ0) is 11.0. The molecule has 80 valence electrons. The predicted molar refractivity (Wildman–Crippen MR) is 54.5 cm³/mol. The van der Waals surface area contributed by atoms with Crippen LogP contribution >= 0.6 is 0 Å². The lowest BCUT2D eigenvalue weighted by atomic mass is 10.3. The van der Waals surface area contributed by atoms with Crippen molar-refractivity contribution in [1.82, 2.24) is 9.97 Å². The topological polar surface area (TPSA) is 92.1 Å². The van der Waals surface area contributed by atoms with Crippen molar-refractivity contribution in [2.45, 2.75) is 19.4 Å². The molecule has 1 saturated heterocycles. The average Bonchev–Trinajstić information content (AvgIpc) is 2.43. The summed E-state index contributed by atoms with van der Waals surface area (Å²) in [7, 11) is 0. The summed E-state index contributed by atoms with van der Waals surface area (Å²) in [5, 5.41) is 0. The van der Waals surface area contributed by atoms with Crippen LogP contribution in [0.5, 0.6) is 0 Å². The van der Waals surface area contributed by atoms with E-state index in [0.29, 0.717) is 24.6 Å². The molecular weight excluding hydrogens is 196 g/mol. The van der Waals surface area contributed by atoms with Crippen molar-refractivity contribution in [2.75, 3.05) is 11.4 Å². The fourth-order valence-electron chi connectivity index (χ4n) is 1.66. The number of H-pyrrole nitrogens is 1. The van der Waals surface area contributed by atoms with Gasteiger partial charge in [0.1, 0.15) is 11.6 Å². The average molecular weight is 208 g/mol. The van der Waals surface area contributed by atoms with Crippen LogP contribution in [0.3, 0.4) is 0 Å². The monoisotopic (exact) mass is 208 g/mol. The molecule has 1 unspecified atom stereocenters. The highest BCUT2D eigenvalue weighted by Crippen LogP contribution is 2.16. The molecule has 0 spiro atoms. The minimum absolute atomic E-state index is 0.0833. The zero-order valence-electron chi connectivity index (χ0n) is 8.36. The van der Waals surface area contributed by atoms with Gasteiger partial charge in [0.2, 0.25) is 5.91 Å². The lowest BCUT2D eigenvalue weighted by Gasteiger charge is -2.14. The Bertz CT molecular complexity index is 454. The molecule has 15 heavy (non-hydrogen) atoms. The highest BCUT2D eigenvalue weighted by Gasteiger charge is 2.29. The molecule has 1 fully saturated rings. The Hall–Kier alpha value is -1.69. The number of hydrogen-bond acceptors (Lipinski definition) is 4. The maximum absolute atomic E-state index is 11.5. The van der Waals surface area contributed by atoms with Gasteiger partial charge in [-0.25, -0.2) is 4.98 Å². The third-order valence-corrected chi connectivity index (χ3v) is 2.28. The second kappa shape index (κ2) is 3.47. The first kappa shape index (κ1) is 9.85. The molecule has 1 aromatic rings. The molecule has 1 aliphatic rings. The number of amides is 1. The Labute approximate surface area is 86.1 Å². The normalized spacial score (nSPS) is 21.1. The van der Waals surface area contributed by atoms with Gasteiger partial charge in [-0.1, -0.05) is 0 Å². The summed E-state index contributed by atoms with van der Waals surface area (Å²) in [6.45, 7) is 2.10. The second-order valence-electron chi connectivity index (χ2n) is 3.66. The SMILES string of the molecule is Cc1nc(N2CC(N)CC2=O)cc(=O)[nH]1. The number of carbonyl (C=O) groups excluding carboxylic acids is 1. The van der Waals surface area contributed by atoms with Gasteiger partial charge in [-0.15, -0.1) is 0 Å². The van der Waals surface area contributed by atoms with Gasteiger partial charge in [-0.05, 0) is 6.92 Å². The summed E-state index contributed by atoms with van der Waals surface area (Å²) in [6.07, 6.45) is 0.313. The number of aromatic amines is 1. The first-order valence-corrected chi connectivity index (χ1v) is 4.70. The number of aryl methyl sites for hydroxylation is 1. The number of nitrogens with two attached hydrogens (primary N) is 1. The number of nitrogens with zero attached hydrogens (tertiary/aromatic N) is 2. The Morgan fingerprint density at radius 1 is 1.60 bits per heavy atom. The van der Waals surface area contributed by atoms with Crippen molar-refractivity contribution >= 4 is 11.7 Å². The van der Waals surface area contributed by atoms with Crippen LogP contribution in [0.25, 0.3) is 0 Å². The lowest BCUT2D eigenvalue weighted by Crippen LogP contribution is -2.30. The van der Waals surface area contributed by atoms with E-state index in [1.165, 1.54) is 11.0 Å². The number of rotatable bonds is 1. The Balaban J connectivity index is 2.37. The van der Waals surface area contributed by atoms with Crippen molar-refractivity contribution < 1.29 is 4.79 Å². The largest absolute Gasteiger partial charge is 0.326 e. The lowest BCUT2D eigenvalue weighted by molar-refractivity contribution is -0.117. The molecule has 0 bridgehead atoms. The molecular formula is C9H12N4O2. The molecule has 1 atom stereocenters. The van der Waals surface area contributed by atoms with E-state index in [4.69, 9.17) is 5.73 Å². The molecule has 1 aromatic heterocycles. The van der Waals surface area contributed by atoms with Gasteiger partial charge in [0, 0.05) is 25.1 Å². The van der Waals surface area contributed by atoms with Gasteiger partial charge >= 0.3 is 0 Å². The van der Waals surface area contributed by atoms with Gasteiger partial charge < -0.3 is 10.7 Å². The van der Waals surface area contributed by atoms with E-state index in [2.05, 4.69) is 9.97 Å². The molecule has 2 rings (SSSR count). The van der Waals surface area contributed by atoms with Gasteiger partial charge in [0.25, 0.3) is 5.56 Å². The molecule has 1 aliphatic heterocycles. The summed E-state index contributed by atoms with van der Waals surface area (Å²) in [4.78, 5) is 30.8. The fourth-order valence-corrected chi connectivity index (χ4v) is 1.66. The number of hydrogen-bond donors (Lipinski definition) is 2. The van der Waals surface area contributed by atoms with Crippen molar-refractivity contribution in [3.8, 4) is 0 Å². The summed E-state index contributed by atoms with van der Waals surface area (Å²) >= 11 is 0. The van der Waals surface area contributed by atoms with Gasteiger partial charge in [-0.2, -0.15) is 0 Å². The number of anilines is 1. The first-order valence-electron chi connectivity index (χ1n) is 4.70. The van der Waals surface area contributed by atoms with E-state index >= 15 is 0 Å². The summed E-state index contributed by atoms with van der Waals surface area (Å²) < 4.78 is 0. The smallest absolute Gasteiger partial charge is 0.252 e. The highest BCUT2D eigenvalue weighted by molar-refractivity contribution is 5.95. The molecule has 1 amide bonds. The first-order chi connectivity index (χ1) is 7.06. The van der Waals surface area contributed by atoms with Crippen LogP contribution in [0, 0.1) is 6.92 Å². The van der Waals surface area contributed by atoms with Crippen molar-refractivity contribution in [3.63, 3.8) is 0 Å². The third kappa shape index (κ3) is 1.89. The van der Waals surface area contributed by atoms with Crippen LogP contribution in [0.4, 0.5) is 5.82 Å². The van der Waals surface area contributed by atoms with Crippen LogP contribution in [-0.2, 0) is 4.79 Å². The second-order valence-corrected chi connectivity index (χ2v) is 3.66. The fraction of sp³-hybridized carbons (Fsp3) is 0.444. The molecule has 0 saturated carbocycles. The molecule has 3 N–H and O–H groups in total. The van der Waals surface area contributed by atoms with E-state index in [-0.39, 0.29) is 17.5 Å². The Morgan fingerprint density at radius 3 is 2.87 bits per heavy atom. The zero-order valence-corrected chi connectivity index (χ0v) is 8.36. The summed E-state index contributed by atoms with van der Waals surface area (Å²) in [5.74, 6) is 0.792. The minimum Gasteiger partial charge on any atom is -0.326 e. The summed E-state index contributed by atoms with van der Waals surface area (Å²) in [6, 6.07) is 1.14. The molecule has 2 heterocycles. The third-order valence-electron chi connectivity index (χ3n) is 2.28. The predicted octanol–water partition coefficient (Wildman–Crippen LogP) is -0.858. The van der Waals surface area contributed by atoms with Crippen LogP contribution in [0.2, 0.25) is 0 Å². The maximum Gasteiger partial charge on any atom is 0.252 e. The molecule has 6 nitrogen and oxygen atoms in total. The van der Waals surface area contributed by atoms with E-state index in [0.717, 1.165) is 0 Å². The number of carbonyl (C=O) groups is 1. The van der Waals surface area contributed by atoms with Crippen LogP contribution < -0.4 is 16.2 Å². The van der Waals surface area contributed by atoms with E-state index < -0.39 is 0 Å². The van der Waals surface area contributed by atoms with Crippen molar-refractivity contribution in [3.05, 3.63) is 22.2 Å².